The molecule has 0 saturated heterocycles. The number of aromatic carboxylic acids is 1. The number of nitrogens with one attached hydrogen (secondary N) is 1. The molecule has 1 rings (SSSR count). The van der Waals surface area contributed by atoms with E-state index in [2.05, 4.69) is 10.3 Å². The molecule has 1 aromatic rings. The molecule has 0 atom stereocenters. The van der Waals surface area contributed by atoms with Crippen LogP contribution in [0.2, 0.25) is 0 Å². The summed E-state index contributed by atoms with van der Waals surface area (Å²) in [6.45, 7) is 1.64. The molecule has 0 saturated carbocycles. The van der Waals surface area contributed by atoms with E-state index in [-0.39, 0.29) is 4.88 Å². The van der Waals surface area contributed by atoms with E-state index in [9.17, 15) is 9.90 Å². The van der Waals surface area contributed by atoms with Gasteiger partial charge in [-0.15, -0.1) is 0 Å². The van der Waals surface area contributed by atoms with Crippen molar-refractivity contribution in [2.24, 2.45) is 0 Å². The van der Waals surface area contributed by atoms with Crippen molar-refractivity contribution < 1.29 is 9.90 Å². The average molecular weight is 171 g/mol. The van der Waals surface area contributed by atoms with Gasteiger partial charge in [0.1, 0.15) is 0 Å². The SMILES string of the molecule is CNc1nc(C)c(C(=O)[O-])s1. The standard InChI is InChI=1S/C6H8N2O2S/c1-3-4(5(9)10)11-6(7-2)8-3/h1-2H3,(H,7,8)(H,9,10)/p-1. The van der Waals surface area contributed by atoms with E-state index in [0.29, 0.717) is 10.8 Å². The van der Waals surface area contributed by atoms with Gasteiger partial charge in [0.15, 0.2) is 5.13 Å². The summed E-state index contributed by atoms with van der Waals surface area (Å²) in [7, 11) is 1.69. The first kappa shape index (κ1) is 8.00. The van der Waals surface area contributed by atoms with Gasteiger partial charge in [-0.2, -0.15) is 0 Å². The molecule has 0 aliphatic rings. The molecule has 1 heterocycles. The number of aryl methyl sites for hydroxylation is 1. The van der Waals surface area contributed by atoms with Crippen molar-refractivity contribution in [3.63, 3.8) is 0 Å². The van der Waals surface area contributed by atoms with Crippen LogP contribution in [0.15, 0.2) is 0 Å². The van der Waals surface area contributed by atoms with Crippen LogP contribution in [0.1, 0.15) is 15.4 Å². The summed E-state index contributed by atoms with van der Waals surface area (Å²) in [6.07, 6.45) is 0. The van der Waals surface area contributed by atoms with Gasteiger partial charge >= 0.3 is 0 Å². The topological polar surface area (TPSA) is 65.0 Å². The highest BCUT2D eigenvalue weighted by Gasteiger charge is 2.05. The number of carboxylic acids is 1. The van der Waals surface area contributed by atoms with Crippen LogP contribution in [0.4, 0.5) is 5.13 Å². The van der Waals surface area contributed by atoms with Crippen LogP contribution in [0.3, 0.4) is 0 Å². The number of thiazole rings is 1. The summed E-state index contributed by atoms with van der Waals surface area (Å²) >= 11 is 1.08. The third-order valence-electron chi connectivity index (χ3n) is 1.20. The number of anilines is 1. The minimum atomic E-state index is -1.17. The molecule has 0 aromatic carbocycles. The molecule has 1 aromatic heterocycles. The fourth-order valence-corrected chi connectivity index (χ4v) is 1.45. The van der Waals surface area contributed by atoms with E-state index in [1.165, 1.54) is 0 Å². The quantitative estimate of drug-likeness (QED) is 0.672. The third kappa shape index (κ3) is 1.48. The summed E-state index contributed by atoms with van der Waals surface area (Å²) in [5.41, 5.74) is 0.499. The lowest BCUT2D eigenvalue weighted by molar-refractivity contribution is -0.254. The Bertz CT molecular complexity index is 282. The van der Waals surface area contributed by atoms with E-state index in [0.717, 1.165) is 11.3 Å². The van der Waals surface area contributed by atoms with Crippen molar-refractivity contribution >= 4 is 22.4 Å². The molecule has 5 heteroatoms. The highest BCUT2D eigenvalue weighted by molar-refractivity contribution is 7.17. The smallest absolute Gasteiger partial charge is 0.183 e. The predicted molar refractivity (Wildman–Crippen MR) is 40.7 cm³/mol. The number of aromatic nitrogens is 1. The number of carboxylic acid groups (broad SMARTS) is 1. The Balaban J connectivity index is 3.07. The minimum absolute atomic E-state index is 0.189. The number of carbonyl (C=O) groups excluding carboxylic acids is 1. The van der Waals surface area contributed by atoms with E-state index >= 15 is 0 Å². The summed E-state index contributed by atoms with van der Waals surface area (Å²) in [6, 6.07) is 0. The van der Waals surface area contributed by atoms with Crippen molar-refractivity contribution in [2.45, 2.75) is 6.92 Å². The van der Waals surface area contributed by atoms with Crippen LogP contribution in [0.25, 0.3) is 0 Å². The Morgan fingerprint density at radius 3 is 2.64 bits per heavy atom. The van der Waals surface area contributed by atoms with Crippen LogP contribution in [0, 0.1) is 6.92 Å². The second-order valence-corrected chi connectivity index (χ2v) is 2.97. The van der Waals surface area contributed by atoms with E-state index in [1.54, 1.807) is 14.0 Å². The second kappa shape index (κ2) is 2.87. The van der Waals surface area contributed by atoms with Crippen LogP contribution >= 0.6 is 11.3 Å². The molecule has 4 nitrogen and oxygen atoms in total. The Hall–Kier alpha value is -1.10. The molecule has 0 radical (unpaired) electrons. The van der Waals surface area contributed by atoms with Crippen LogP contribution in [-0.4, -0.2) is 18.0 Å². The Morgan fingerprint density at radius 1 is 1.73 bits per heavy atom. The fourth-order valence-electron chi connectivity index (χ4n) is 0.693. The third-order valence-corrected chi connectivity index (χ3v) is 2.35. The van der Waals surface area contributed by atoms with Gasteiger partial charge < -0.3 is 15.2 Å². The molecule has 11 heavy (non-hydrogen) atoms. The molecule has 0 aliphatic heterocycles. The average Bonchev–Trinajstić information content (AvgIpc) is 2.30. The lowest BCUT2D eigenvalue weighted by Gasteiger charge is -1.95. The second-order valence-electron chi connectivity index (χ2n) is 1.97. The molecule has 0 amide bonds. The Labute approximate surface area is 67.9 Å². The monoisotopic (exact) mass is 171 g/mol. The van der Waals surface area contributed by atoms with E-state index in [1.807, 2.05) is 0 Å². The number of carbonyl (C=O) groups is 1. The normalized spacial score (nSPS) is 9.64. The molecule has 0 unspecified atom stereocenters. The molecule has 1 N–H and O–H groups in total. The first-order chi connectivity index (χ1) is 5.15. The van der Waals surface area contributed by atoms with Gasteiger partial charge in [-0.05, 0) is 6.92 Å². The summed E-state index contributed by atoms with van der Waals surface area (Å²) in [4.78, 5) is 14.5. The van der Waals surface area contributed by atoms with Crippen molar-refractivity contribution in [2.75, 3.05) is 12.4 Å². The van der Waals surface area contributed by atoms with Gasteiger partial charge in [0, 0.05) is 7.05 Å². The van der Waals surface area contributed by atoms with E-state index < -0.39 is 5.97 Å². The largest absolute Gasteiger partial charge is 0.544 e. The highest BCUT2D eigenvalue weighted by Crippen LogP contribution is 2.20. The predicted octanol–water partition coefficient (Wildman–Crippen LogP) is -0.143. The molecule has 0 spiro atoms. The van der Waals surface area contributed by atoms with Crippen molar-refractivity contribution in [1.29, 1.82) is 0 Å². The molecule has 0 fully saturated rings. The lowest BCUT2D eigenvalue weighted by atomic mass is 10.4. The molecule has 60 valence electrons. The van der Waals surface area contributed by atoms with Gasteiger partial charge in [-0.1, -0.05) is 11.3 Å². The number of rotatable bonds is 2. The number of hydrogen-bond acceptors (Lipinski definition) is 5. The van der Waals surface area contributed by atoms with E-state index in [4.69, 9.17) is 0 Å². The van der Waals surface area contributed by atoms with Gasteiger partial charge in [0.25, 0.3) is 0 Å². The van der Waals surface area contributed by atoms with Crippen molar-refractivity contribution in [3.8, 4) is 0 Å². The van der Waals surface area contributed by atoms with Crippen LogP contribution in [0.5, 0.6) is 0 Å². The minimum Gasteiger partial charge on any atom is -0.544 e. The van der Waals surface area contributed by atoms with Gasteiger partial charge in [-0.25, -0.2) is 4.98 Å². The first-order valence-electron chi connectivity index (χ1n) is 3.01. The number of nitrogens with zero attached hydrogens (tertiary/aromatic N) is 1. The maximum atomic E-state index is 10.4. The first-order valence-corrected chi connectivity index (χ1v) is 3.83. The number of hydrogen-bond donors (Lipinski definition) is 1. The maximum absolute atomic E-state index is 10.4. The van der Waals surface area contributed by atoms with Gasteiger partial charge in [-0.3, -0.25) is 0 Å². The Morgan fingerprint density at radius 2 is 2.36 bits per heavy atom. The molecule has 0 bridgehead atoms. The van der Waals surface area contributed by atoms with Crippen molar-refractivity contribution in [3.05, 3.63) is 10.6 Å². The molecular formula is C6H7N2O2S-. The maximum Gasteiger partial charge on any atom is 0.183 e. The lowest BCUT2D eigenvalue weighted by Crippen LogP contribution is -2.21. The van der Waals surface area contributed by atoms with Gasteiger partial charge in [0.2, 0.25) is 0 Å². The molecular weight excluding hydrogens is 164 g/mol. The fraction of sp³-hybridized carbons (Fsp3) is 0.333. The van der Waals surface area contributed by atoms with Crippen molar-refractivity contribution in [1.82, 2.24) is 4.98 Å². The zero-order chi connectivity index (χ0) is 8.43. The van der Waals surface area contributed by atoms with Crippen LogP contribution < -0.4 is 10.4 Å². The highest BCUT2D eigenvalue weighted by atomic mass is 32.1. The summed E-state index contributed by atoms with van der Waals surface area (Å²) < 4.78 is 0. The Kier molecular flexibility index (Phi) is 2.09. The molecule has 0 aliphatic carbocycles. The summed E-state index contributed by atoms with van der Waals surface area (Å²) in [5.74, 6) is -1.17. The zero-order valence-electron chi connectivity index (χ0n) is 6.17. The zero-order valence-corrected chi connectivity index (χ0v) is 6.99. The summed E-state index contributed by atoms with van der Waals surface area (Å²) in [5, 5.41) is 13.7. The van der Waals surface area contributed by atoms with Gasteiger partial charge in [0.05, 0.1) is 16.5 Å². The van der Waals surface area contributed by atoms with Crippen LogP contribution in [-0.2, 0) is 0 Å².